The summed E-state index contributed by atoms with van der Waals surface area (Å²) < 4.78 is 47.9. The summed E-state index contributed by atoms with van der Waals surface area (Å²) in [5.41, 5.74) is 6.87. The third kappa shape index (κ3) is 5.61. The quantitative estimate of drug-likeness (QED) is 0.763. The van der Waals surface area contributed by atoms with E-state index in [9.17, 15) is 16.8 Å². The van der Waals surface area contributed by atoms with E-state index in [1.807, 2.05) is 6.92 Å². The molecule has 8 heteroatoms. The number of aryl methyl sites for hydroxylation is 1. The van der Waals surface area contributed by atoms with Crippen LogP contribution in [0.15, 0.2) is 18.2 Å². The number of benzene rings is 1. The fourth-order valence-corrected chi connectivity index (χ4v) is 4.48. The standard InChI is InChI=1S/C12H16N2O4S2/c1-10-5-6-12(11(8-10)4-3-7-13)14-20(17,18)9-19(2,15)16/h5-6,8,14H,7,9,13H2,1-2H3. The lowest BCUT2D eigenvalue weighted by atomic mass is 10.1. The van der Waals surface area contributed by atoms with Gasteiger partial charge in [-0.15, -0.1) is 0 Å². The van der Waals surface area contributed by atoms with Crippen molar-refractivity contribution in [3.8, 4) is 11.8 Å². The first-order valence-corrected chi connectivity index (χ1v) is 9.32. The van der Waals surface area contributed by atoms with Gasteiger partial charge in [-0.05, 0) is 24.6 Å². The molecule has 0 heterocycles. The highest BCUT2D eigenvalue weighted by molar-refractivity contribution is 8.08. The lowest BCUT2D eigenvalue weighted by molar-refractivity contribution is 0.595. The molecule has 0 aliphatic carbocycles. The fourth-order valence-electron chi connectivity index (χ4n) is 1.48. The Morgan fingerprint density at radius 3 is 2.45 bits per heavy atom. The minimum atomic E-state index is -3.99. The predicted molar refractivity (Wildman–Crippen MR) is 79.4 cm³/mol. The molecule has 0 saturated carbocycles. The molecular weight excluding hydrogens is 300 g/mol. The van der Waals surface area contributed by atoms with Gasteiger partial charge in [-0.3, -0.25) is 4.72 Å². The Morgan fingerprint density at radius 2 is 1.90 bits per heavy atom. The molecule has 1 aromatic rings. The predicted octanol–water partition coefficient (Wildman–Crippen LogP) is 0.0490. The molecule has 0 aliphatic heterocycles. The monoisotopic (exact) mass is 316 g/mol. The van der Waals surface area contributed by atoms with Crippen LogP contribution in [0.5, 0.6) is 0 Å². The van der Waals surface area contributed by atoms with Gasteiger partial charge in [-0.1, -0.05) is 17.9 Å². The van der Waals surface area contributed by atoms with Gasteiger partial charge in [0.25, 0.3) is 0 Å². The summed E-state index contributed by atoms with van der Waals surface area (Å²) in [6.45, 7) is 1.98. The van der Waals surface area contributed by atoms with Crippen LogP contribution in [-0.4, -0.2) is 34.7 Å². The number of sulfone groups is 1. The largest absolute Gasteiger partial charge is 0.320 e. The Kier molecular flexibility index (Phi) is 5.16. The van der Waals surface area contributed by atoms with E-state index in [4.69, 9.17) is 5.73 Å². The summed E-state index contributed by atoms with van der Waals surface area (Å²) >= 11 is 0. The topological polar surface area (TPSA) is 106 Å². The molecule has 110 valence electrons. The van der Waals surface area contributed by atoms with E-state index in [-0.39, 0.29) is 12.2 Å². The third-order valence-corrected chi connectivity index (χ3v) is 5.62. The van der Waals surface area contributed by atoms with Crippen LogP contribution >= 0.6 is 0 Å². The summed E-state index contributed by atoms with van der Waals surface area (Å²) in [7, 11) is -7.64. The van der Waals surface area contributed by atoms with Crippen molar-refractivity contribution in [3.63, 3.8) is 0 Å². The Hall–Kier alpha value is -1.56. The maximum Gasteiger partial charge on any atom is 0.247 e. The first-order valence-electron chi connectivity index (χ1n) is 5.61. The third-order valence-electron chi connectivity index (χ3n) is 2.13. The van der Waals surface area contributed by atoms with E-state index >= 15 is 0 Å². The van der Waals surface area contributed by atoms with Gasteiger partial charge >= 0.3 is 0 Å². The summed E-state index contributed by atoms with van der Waals surface area (Å²) in [6.07, 6.45) is 0.858. The molecular formula is C12H16N2O4S2. The summed E-state index contributed by atoms with van der Waals surface area (Å²) in [5.74, 6) is 5.38. The van der Waals surface area contributed by atoms with Crippen LogP contribution in [0.1, 0.15) is 11.1 Å². The maximum atomic E-state index is 11.8. The van der Waals surface area contributed by atoms with Crippen LogP contribution in [0.3, 0.4) is 0 Å². The van der Waals surface area contributed by atoms with Crippen molar-refractivity contribution in [3.05, 3.63) is 29.3 Å². The van der Waals surface area contributed by atoms with Crippen molar-refractivity contribution < 1.29 is 16.8 Å². The van der Waals surface area contributed by atoms with Crippen molar-refractivity contribution in [2.45, 2.75) is 6.92 Å². The second kappa shape index (κ2) is 6.26. The zero-order chi connectivity index (χ0) is 15.4. The molecule has 0 saturated heterocycles. The van der Waals surface area contributed by atoms with Crippen molar-refractivity contribution in [2.24, 2.45) is 5.73 Å². The van der Waals surface area contributed by atoms with Crippen LogP contribution in [0.25, 0.3) is 0 Å². The van der Waals surface area contributed by atoms with E-state index in [0.717, 1.165) is 11.8 Å². The molecule has 0 amide bonds. The number of rotatable bonds is 4. The van der Waals surface area contributed by atoms with Crippen molar-refractivity contribution in [1.29, 1.82) is 0 Å². The van der Waals surface area contributed by atoms with E-state index in [1.165, 1.54) is 6.07 Å². The Morgan fingerprint density at radius 1 is 1.25 bits per heavy atom. The highest BCUT2D eigenvalue weighted by atomic mass is 32.3. The van der Waals surface area contributed by atoms with Gasteiger partial charge in [0.15, 0.2) is 14.9 Å². The Balaban J connectivity index is 3.15. The smallest absolute Gasteiger partial charge is 0.247 e. The molecule has 3 N–H and O–H groups in total. The van der Waals surface area contributed by atoms with Crippen molar-refractivity contribution in [2.75, 3.05) is 22.6 Å². The molecule has 0 fully saturated rings. The van der Waals surface area contributed by atoms with Gasteiger partial charge < -0.3 is 5.73 Å². The van der Waals surface area contributed by atoms with Crippen LogP contribution in [0.4, 0.5) is 5.69 Å². The molecule has 0 aliphatic rings. The molecule has 1 aromatic carbocycles. The normalized spacial score (nSPS) is 11.6. The maximum absolute atomic E-state index is 11.8. The van der Waals surface area contributed by atoms with E-state index < -0.39 is 24.9 Å². The molecule has 1 rings (SSSR count). The SMILES string of the molecule is Cc1ccc(NS(=O)(=O)CS(C)(=O)=O)c(C#CCN)c1. The van der Waals surface area contributed by atoms with Gasteiger partial charge in [-0.25, -0.2) is 16.8 Å². The van der Waals surface area contributed by atoms with Gasteiger partial charge in [0.05, 0.1) is 12.2 Å². The zero-order valence-corrected chi connectivity index (χ0v) is 12.8. The second-order valence-corrected chi connectivity index (χ2v) is 8.54. The van der Waals surface area contributed by atoms with Crippen LogP contribution in [-0.2, 0) is 19.9 Å². The van der Waals surface area contributed by atoms with E-state index in [1.54, 1.807) is 12.1 Å². The minimum absolute atomic E-state index is 0.142. The first-order chi connectivity index (χ1) is 9.13. The molecule has 0 radical (unpaired) electrons. The molecule has 0 atom stereocenters. The molecule has 0 bridgehead atoms. The average Bonchev–Trinajstić information content (AvgIpc) is 2.26. The second-order valence-electron chi connectivity index (χ2n) is 4.32. The summed E-state index contributed by atoms with van der Waals surface area (Å²) in [4.78, 5) is 0. The molecule has 0 spiro atoms. The van der Waals surface area contributed by atoms with Crippen molar-refractivity contribution in [1.82, 2.24) is 0 Å². The van der Waals surface area contributed by atoms with E-state index in [0.29, 0.717) is 5.56 Å². The van der Waals surface area contributed by atoms with Crippen LogP contribution in [0, 0.1) is 18.8 Å². The molecule has 6 nitrogen and oxygen atoms in total. The van der Waals surface area contributed by atoms with Crippen LogP contribution in [0.2, 0.25) is 0 Å². The number of hydrogen-bond acceptors (Lipinski definition) is 5. The molecule has 20 heavy (non-hydrogen) atoms. The number of hydrogen-bond donors (Lipinski definition) is 2. The number of nitrogens with one attached hydrogen (secondary N) is 1. The van der Waals surface area contributed by atoms with Gasteiger partial charge in [0.2, 0.25) is 10.0 Å². The van der Waals surface area contributed by atoms with Crippen molar-refractivity contribution >= 4 is 25.5 Å². The highest BCUT2D eigenvalue weighted by Crippen LogP contribution is 2.18. The number of anilines is 1. The number of sulfonamides is 1. The summed E-state index contributed by atoms with van der Waals surface area (Å²) in [5, 5.41) is -0.975. The molecule has 0 unspecified atom stereocenters. The first kappa shape index (κ1) is 16.5. The minimum Gasteiger partial charge on any atom is -0.320 e. The van der Waals surface area contributed by atoms with E-state index in [2.05, 4.69) is 16.6 Å². The number of nitrogens with two attached hydrogens (primary N) is 1. The lowest BCUT2D eigenvalue weighted by Gasteiger charge is -2.09. The van der Waals surface area contributed by atoms with Gasteiger partial charge in [0, 0.05) is 11.8 Å². The Labute approximate surface area is 119 Å². The average molecular weight is 316 g/mol. The highest BCUT2D eigenvalue weighted by Gasteiger charge is 2.19. The van der Waals surface area contributed by atoms with Gasteiger partial charge in [0.1, 0.15) is 0 Å². The lowest BCUT2D eigenvalue weighted by Crippen LogP contribution is -2.22. The zero-order valence-electron chi connectivity index (χ0n) is 11.2. The Bertz CT molecular complexity index is 756. The van der Waals surface area contributed by atoms with Gasteiger partial charge in [-0.2, -0.15) is 0 Å². The van der Waals surface area contributed by atoms with Crippen LogP contribution < -0.4 is 10.5 Å². The fraction of sp³-hybridized carbons (Fsp3) is 0.333. The summed E-state index contributed by atoms with van der Waals surface area (Å²) in [6, 6.07) is 4.93. The molecule has 0 aromatic heterocycles.